The summed E-state index contributed by atoms with van der Waals surface area (Å²) in [6, 6.07) is -26.1. The Hall–Kier alpha value is -4.52. The van der Waals surface area contributed by atoms with Gasteiger partial charge in [-0.2, -0.15) is 13.2 Å². The summed E-state index contributed by atoms with van der Waals surface area (Å²) >= 11 is -0.199. The molecule has 5 aromatic rings. The van der Waals surface area contributed by atoms with Crippen LogP contribution in [0.4, 0.5) is 22.0 Å². The summed E-state index contributed by atoms with van der Waals surface area (Å²) in [6.45, 7) is -17.3. The van der Waals surface area contributed by atoms with Crippen molar-refractivity contribution in [1.82, 2.24) is 14.4 Å². The second kappa shape index (κ2) is 16.7. The Morgan fingerprint density at radius 1 is 1.04 bits per heavy atom. The molecule has 1 aliphatic heterocycles. The summed E-state index contributed by atoms with van der Waals surface area (Å²) in [5.41, 5.74) is -10.9. The number of alkyl halides is 3. The molecular weight excluding hydrogens is 710 g/mol. The third kappa shape index (κ3) is 9.00. The lowest BCUT2D eigenvalue weighted by molar-refractivity contribution is -0.138. The van der Waals surface area contributed by atoms with Crippen molar-refractivity contribution in [3.63, 3.8) is 0 Å². The van der Waals surface area contributed by atoms with E-state index >= 15 is 9.18 Å². The molecule has 0 spiro atoms. The van der Waals surface area contributed by atoms with Crippen LogP contribution in [0.15, 0.2) is 100 Å². The van der Waals surface area contributed by atoms with Gasteiger partial charge in [0.15, 0.2) is 17.1 Å². The molecule has 0 unspecified atom stereocenters. The van der Waals surface area contributed by atoms with Crippen molar-refractivity contribution in [3.05, 3.63) is 135 Å². The fourth-order valence-electron chi connectivity index (χ4n) is 4.51. The molecule has 0 radical (unpaired) electrons. The monoisotopic (exact) mass is 778 g/mol. The van der Waals surface area contributed by atoms with E-state index in [9.17, 15) is 32.0 Å². The van der Waals surface area contributed by atoms with Gasteiger partial charge in [0.2, 0.25) is 5.91 Å². The Morgan fingerprint density at radius 3 is 2.51 bits per heavy atom. The van der Waals surface area contributed by atoms with E-state index < -0.39 is 245 Å². The second-order valence-corrected chi connectivity index (χ2v) is 11.5. The molecule has 0 atom stereocenters. The van der Waals surface area contributed by atoms with Crippen molar-refractivity contribution in [2.24, 2.45) is 0 Å². The van der Waals surface area contributed by atoms with Gasteiger partial charge in [0.25, 0.3) is 0 Å². The molecule has 2 heterocycles. The fraction of sp³-hybridized carbons (Fsp3) is 0.317. The van der Waals surface area contributed by atoms with Crippen molar-refractivity contribution in [2.75, 3.05) is 33.2 Å². The minimum Gasteiger partial charge on any atom is -0.383 e. The summed E-state index contributed by atoms with van der Waals surface area (Å²) in [4.78, 5) is 28.9. The highest BCUT2D eigenvalue weighted by molar-refractivity contribution is 7.98. The van der Waals surface area contributed by atoms with Gasteiger partial charge in [0.1, 0.15) is 6.50 Å². The number of hydrogen-bond donors (Lipinski definition) is 0. The molecule has 6 nitrogen and oxygen atoms in total. The SMILES string of the molecule is [2H]c1c([2H])c(F)c(F)c(CSc2c([2H])c(=O)c3c([2H])c([2H])c([2H])c([2H])c3n2C([2H])([2H])C(=O)N(Cc2c([2H])c([2H])c(-c3c([2H])c([2H])c(C(F)(F)F)c(C)c3[2H])c([2H])c2[2H])C2([2H])C([2H])([2H])C([2H])([2H])N(CCOC([2H])([2H])[2H])C([2H])([2H])C2([2H])[2H])c1[2H]. The van der Waals surface area contributed by atoms with Crippen LogP contribution in [0.5, 0.6) is 0 Å². The van der Waals surface area contributed by atoms with E-state index in [-0.39, 0.29) is 21.2 Å². The molecule has 1 aliphatic rings. The Labute approximate surface area is 349 Å². The van der Waals surface area contributed by atoms with Crippen molar-refractivity contribution in [3.8, 4) is 11.1 Å². The van der Waals surface area contributed by atoms with Crippen molar-refractivity contribution >= 4 is 28.6 Å². The lowest BCUT2D eigenvalue weighted by Crippen LogP contribution is -2.48. The highest BCUT2D eigenvalue weighted by Crippen LogP contribution is 2.34. The zero-order valence-electron chi connectivity index (χ0n) is 55.7. The molecule has 4 aromatic carbocycles. The van der Waals surface area contributed by atoms with Crippen LogP contribution >= 0.6 is 11.8 Å². The maximum atomic E-state index is 15.9. The number of para-hydroxylation sites is 1. The van der Waals surface area contributed by atoms with Gasteiger partial charge >= 0.3 is 6.18 Å². The molecule has 1 fully saturated rings. The van der Waals surface area contributed by atoms with Crippen molar-refractivity contribution < 1.29 is 71.2 Å². The molecule has 1 amide bonds. The van der Waals surface area contributed by atoms with Gasteiger partial charge in [-0.1, -0.05) is 60.4 Å². The summed E-state index contributed by atoms with van der Waals surface area (Å²) in [5.74, 6) is -8.06. The predicted molar refractivity (Wildman–Crippen MR) is 198 cm³/mol. The summed E-state index contributed by atoms with van der Waals surface area (Å²) in [6.07, 6.45) is -14.6. The molecule has 0 saturated carbocycles. The smallest absolute Gasteiger partial charge is 0.383 e. The molecule has 0 N–H and O–H groups in total. The standard InChI is InChI=1S/C41H40F5N3O3S/c1-27-22-30(14-15-34(27)41(44,45)46)29-12-10-28(11-13-29)24-48(32-16-18-47(19-17-32)20-21-52-2)38(51)25-49-36-9-4-3-7-33(36)37(50)23-39(49)53-26-31-6-5-8-35(42)40(31)43/h3-15,22-23,32H,16-21,24-26H2,1-2H3/i2D3,3D,4D,5D,6D,7D,8D,9D,10D,11D,12D,13D,14D,15D,16D2,17D2,18D2,19D2,22D,23D,25D2,32D. The number of rotatable bonds is 12. The average Bonchev–Trinajstić information content (AvgIpc) is 3.46. The van der Waals surface area contributed by atoms with E-state index in [2.05, 4.69) is 4.74 Å². The van der Waals surface area contributed by atoms with Crippen LogP contribution in [-0.4, -0.2) is 59.5 Å². The lowest BCUT2D eigenvalue weighted by Gasteiger charge is -2.39. The number of piperidine rings is 1. The molecule has 0 aliphatic carbocycles. The van der Waals surface area contributed by atoms with Crippen LogP contribution in [0.3, 0.4) is 0 Å². The summed E-state index contributed by atoms with van der Waals surface area (Å²) in [7, 11) is -3.30. The first-order valence-corrected chi connectivity index (χ1v) is 15.7. The van der Waals surface area contributed by atoms with Crippen LogP contribution in [0, 0.1) is 18.6 Å². The number of aromatic nitrogens is 1. The molecule has 12 heteroatoms. The second-order valence-electron chi connectivity index (χ2n) is 10.5. The predicted octanol–water partition coefficient (Wildman–Crippen LogP) is 8.71. The number of nitrogens with zero attached hydrogens (tertiary/aromatic N) is 3. The van der Waals surface area contributed by atoms with Crippen LogP contribution < -0.4 is 5.43 Å². The van der Waals surface area contributed by atoms with Gasteiger partial charge in [0.05, 0.1) is 51.5 Å². The summed E-state index contributed by atoms with van der Waals surface area (Å²) < 4.78 is 329. The first-order chi connectivity index (χ1) is 37.0. The zero-order valence-corrected chi connectivity index (χ0v) is 27.5. The van der Waals surface area contributed by atoms with Crippen molar-refractivity contribution in [1.29, 1.82) is 0 Å². The Morgan fingerprint density at radius 2 is 1.77 bits per heavy atom. The van der Waals surface area contributed by atoms with Gasteiger partial charge in [-0.3, -0.25) is 9.59 Å². The van der Waals surface area contributed by atoms with Crippen molar-refractivity contribution in [2.45, 2.75) is 55.7 Å². The first-order valence-electron chi connectivity index (χ1n) is 29.2. The fourth-order valence-corrected chi connectivity index (χ4v) is 5.42. The maximum Gasteiger partial charge on any atom is 0.416 e. The minimum absolute atomic E-state index is 0.199. The molecular formula is C41H40F5N3O3S. The molecule has 1 saturated heterocycles. The molecule has 0 bridgehead atoms. The number of fused-ring (bicyclic) bond motifs is 1. The Bertz CT molecular complexity index is 3480. The number of pyridine rings is 1. The van der Waals surface area contributed by atoms with E-state index in [0.29, 0.717) is 6.92 Å². The highest BCUT2D eigenvalue weighted by Gasteiger charge is 2.32. The van der Waals surface area contributed by atoms with E-state index in [1.807, 2.05) is 0 Å². The maximum absolute atomic E-state index is 15.9. The zero-order chi connectivity index (χ0) is 63.1. The number of amides is 1. The summed E-state index contributed by atoms with van der Waals surface area (Å²) in [5, 5.41) is -2.72. The number of hydrogen-bond acceptors (Lipinski definition) is 5. The Kier molecular flexibility index (Phi) is 5.05. The van der Waals surface area contributed by atoms with E-state index in [1.54, 1.807) is 0 Å². The number of carbonyl (C=O) groups is 1. The van der Waals surface area contributed by atoms with E-state index in [1.165, 1.54) is 0 Å². The first kappa shape index (κ1) is 16.1. The van der Waals surface area contributed by atoms with Gasteiger partial charge in [-0.25, -0.2) is 8.78 Å². The minimum atomic E-state index is -5.37. The topological polar surface area (TPSA) is 54.8 Å². The van der Waals surface area contributed by atoms with Crippen LogP contribution in [0.1, 0.15) is 74.8 Å². The number of thioether (sulfide) groups is 1. The van der Waals surface area contributed by atoms with Gasteiger partial charge in [-0.05, 0) is 66.1 Å². The Balaban J connectivity index is 1.77. The number of methoxy groups -OCH3 is 1. The van der Waals surface area contributed by atoms with Crippen LogP contribution in [0.2, 0.25) is 0 Å². The third-order valence-corrected chi connectivity index (χ3v) is 8.01. The van der Waals surface area contributed by atoms with Gasteiger partial charge < -0.3 is 19.1 Å². The number of halogens is 5. The quantitative estimate of drug-likeness (QED) is 0.0938. The molecule has 278 valence electrons. The average molecular weight is 779 g/mol. The number of benzene rings is 4. The largest absolute Gasteiger partial charge is 0.416 e. The number of carbonyl (C=O) groups excluding carboxylic acids is 1. The van der Waals surface area contributed by atoms with Crippen LogP contribution in [-0.2, 0) is 34.5 Å². The highest BCUT2D eigenvalue weighted by atomic mass is 32.2. The molecule has 53 heavy (non-hydrogen) atoms. The number of ether oxygens (including phenoxy) is 1. The third-order valence-electron chi connectivity index (χ3n) is 7.02. The normalized spacial score (nSPS) is 26.9. The van der Waals surface area contributed by atoms with Crippen LogP contribution in [0.25, 0.3) is 22.0 Å². The molecule has 1 aromatic heterocycles. The molecule has 6 rings (SSSR count). The van der Waals surface area contributed by atoms with Gasteiger partial charge in [-0.15, -0.1) is 11.8 Å². The van der Waals surface area contributed by atoms with Gasteiger partial charge in [0, 0.05) is 72.9 Å². The van der Waals surface area contributed by atoms with E-state index in [0.717, 1.165) is 0 Å². The lowest BCUT2D eigenvalue weighted by atomic mass is 9.98. The van der Waals surface area contributed by atoms with E-state index in [4.69, 9.17) is 30.2 Å². The number of likely N-dealkylation sites (tertiary alicyclic amines) is 1.